The van der Waals surface area contributed by atoms with E-state index in [1.165, 1.54) is 0 Å². The first-order valence-corrected chi connectivity index (χ1v) is 13.1. The van der Waals surface area contributed by atoms with Gasteiger partial charge in [0.05, 0.1) is 11.1 Å². The number of para-hydroxylation sites is 1. The molecule has 6 rings (SSSR count). The van der Waals surface area contributed by atoms with E-state index in [2.05, 4.69) is 88.6 Å². The highest BCUT2D eigenvalue weighted by Gasteiger charge is 2.35. The van der Waals surface area contributed by atoms with Crippen LogP contribution in [-0.2, 0) is 11.2 Å². The molecule has 0 bridgehead atoms. The molecule has 196 valence electrons. The lowest BCUT2D eigenvalue weighted by Crippen LogP contribution is -2.52. The number of anilines is 2. The van der Waals surface area contributed by atoms with Gasteiger partial charge in [-0.2, -0.15) is 0 Å². The highest BCUT2D eigenvalue weighted by Crippen LogP contribution is 2.34. The zero-order valence-corrected chi connectivity index (χ0v) is 22.4. The second-order valence-electron chi connectivity index (χ2n) is 11.1. The minimum atomic E-state index is -0.741. The number of carbonyl (C=O) groups excluding carboxylic acids is 1. The maximum Gasteiger partial charge on any atom is 0.255 e. The first kappa shape index (κ1) is 24.6. The standard InChI is InChI=1S/C31H31N7O/c1-30(2,3)38-28(35-36-37-38)27(24-14-9-11-20-10-5-6-12-23(20)24)32-22-18-16-21(17-19-22)31(4)33-26-15-8-7-13-25(26)29(39)34-31/h5-19,27,32-33H,1-4H3,(H,34,39). The van der Waals surface area contributed by atoms with Gasteiger partial charge in [-0.05, 0) is 84.3 Å². The molecule has 0 saturated carbocycles. The minimum Gasteiger partial charge on any atom is -0.371 e. The molecule has 0 aliphatic carbocycles. The molecule has 1 amide bonds. The van der Waals surface area contributed by atoms with Crippen molar-refractivity contribution in [1.82, 2.24) is 25.5 Å². The third kappa shape index (κ3) is 4.48. The lowest BCUT2D eigenvalue weighted by molar-refractivity contribution is 0.0906. The SMILES string of the molecule is CC1(c2ccc(NC(c3cccc4ccccc34)c3nnnn3C(C)(C)C)cc2)NC(=O)c2ccccc2N1. The molecule has 0 fully saturated rings. The van der Waals surface area contributed by atoms with Crippen molar-refractivity contribution >= 4 is 28.1 Å². The monoisotopic (exact) mass is 517 g/mol. The maximum absolute atomic E-state index is 12.8. The molecule has 8 nitrogen and oxygen atoms in total. The predicted molar refractivity (Wildman–Crippen MR) is 154 cm³/mol. The van der Waals surface area contributed by atoms with E-state index in [1.54, 1.807) is 0 Å². The van der Waals surface area contributed by atoms with Gasteiger partial charge in [0.25, 0.3) is 5.91 Å². The molecular weight excluding hydrogens is 486 g/mol. The number of rotatable bonds is 5. The molecule has 1 aromatic heterocycles. The molecule has 1 aliphatic rings. The summed E-state index contributed by atoms with van der Waals surface area (Å²) in [5.74, 6) is 0.631. The predicted octanol–water partition coefficient (Wildman–Crippen LogP) is 5.81. The molecule has 0 radical (unpaired) electrons. The van der Waals surface area contributed by atoms with Gasteiger partial charge in [-0.3, -0.25) is 4.79 Å². The molecular formula is C31H31N7O. The largest absolute Gasteiger partial charge is 0.371 e. The molecule has 3 N–H and O–H groups in total. The van der Waals surface area contributed by atoms with Gasteiger partial charge in [0, 0.05) is 11.4 Å². The molecule has 39 heavy (non-hydrogen) atoms. The Kier molecular flexibility index (Phi) is 5.83. The van der Waals surface area contributed by atoms with Crippen molar-refractivity contribution in [3.8, 4) is 0 Å². The first-order valence-electron chi connectivity index (χ1n) is 13.1. The van der Waals surface area contributed by atoms with Crippen LogP contribution < -0.4 is 16.0 Å². The van der Waals surface area contributed by atoms with Gasteiger partial charge in [-0.15, -0.1) is 5.10 Å². The number of benzene rings is 4. The number of nitrogens with one attached hydrogen (secondary N) is 3. The lowest BCUT2D eigenvalue weighted by atomic mass is 9.95. The average molecular weight is 518 g/mol. The normalized spacial score (nSPS) is 17.7. The third-order valence-electron chi connectivity index (χ3n) is 7.21. The number of hydrogen-bond donors (Lipinski definition) is 3. The van der Waals surface area contributed by atoms with Gasteiger partial charge in [0.15, 0.2) is 5.82 Å². The summed E-state index contributed by atoms with van der Waals surface area (Å²) in [4.78, 5) is 12.8. The average Bonchev–Trinajstić information content (AvgIpc) is 3.42. The summed E-state index contributed by atoms with van der Waals surface area (Å²) in [5, 5.41) is 25.4. The zero-order chi connectivity index (χ0) is 27.2. The Morgan fingerprint density at radius 2 is 1.59 bits per heavy atom. The maximum atomic E-state index is 12.8. The Balaban J connectivity index is 1.37. The van der Waals surface area contributed by atoms with Crippen molar-refractivity contribution in [1.29, 1.82) is 0 Å². The fourth-order valence-electron chi connectivity index (χ4n) is 5.23. The van der Waals surface area contributed by atoms with Crippen LogP contribution in [0.1, 0.15) is 61.0 Å². The highest BCUT2D eigenvalue weighted by molar-refractivity contribution is 6.02. The summed E-state index contributed by atoms with van der Waals surface area (Å²) in [6.45, 7) is 8.24. The van der Waals surface area contributed by atoms with E-state index in [0.29, 0.717) is 5.56 Å². The smallest absolute Gasteiger partial charge is 0.255 e. The van der Waals surface area contributed by atoms with Crippen LogP contribution in [-0.4, -0.2) is 26.1 Å². The summed E-state index contributed by atoms with van der Waals surface area (Å²) in [7, 11) is 0. The molecule has 5 aromatic rings. The number of carbonyl (C=O) groups is 1. The van der Waals surface area contributed by atoms with Crippen LogP contribution in [0.2, 0.25) is 0 Å². The number of fused-ring (bicyclic) bond motifs is 2. The van der Waals surface area contributed by atoms with Gasteiger partial charge in [-0.25, -0.2) is 4.68 Å². The molecule has 2 unspecified atom stereocenters. The third-order valence-corrected chi connectivity index (χ3v) is 7.21. The summed E-state index contributed by atoms with van der Waals surface area (Å²) in [6.07, 6.45) is 0. The van der Waals surface area contributed by atoms with Gasteiger partial charge in [0.1, 0.15) is 11.7 Å². The summed E-state index contributed by atoms with van der Waals surface area (Å²) in [6, 6.07) is 30.0. The molecule has 4 aromatic carbocycles. The number of tetrazole rings is 1. The fraction of sp³-hybridized carbons (Fsp3) is 0.226. The van der Waals surface area contributed by atoms with Crippen molar-refractivity contribution in [3.63, 3.8) is 0 Å². The first-order chi connectivity index (χ1) is 18.7. The van der Waals surface area contributed by atoms with Crippen LogP contribution in [0.25, 0.3) is 10.8 Å². The van der Waals surface area contributed by atoms with E-state index in [0.717, 1.165) is 39.1 Å². The highest BCUT2D eigenvalue weighted by atomic mass is 16.2. The lowest BCUT2D eigenvalue weighted by Gasteiger charge is -2.38. The molecule has 0 spiro atoms. The van der Waals surface area contributed by atoms with E-state index in [1.807, 2.05) is 66.2 Å². The van der Waals surface area contributed by atoms with Crippen molar-refractivity contribution in [3.05, 3.63) is 114 Å². The summed E-state index contributed by atoms with van der Waals surface area (Å²) >= 11 is 0. The van der Waals surface area contributed by atoms with Crippen LogP contribution in [0.15, 0.2) is 91.0 Å². The van der Waals surface area contributed by atoms with E-state index >= 15 is 0 Å². The van der Waals surface area contributed by atoms with Gasteiger partial charge in [0.2, 0.25) is 0 Å². The number of hydrogen-bond acceptors (Lipinski definition) is 6. The van der Waals surface area contributed by atoms with E-state index in [9.17, 15) is 4.79 Å². The molecule has 8 heteroatoms. The van der Waals surface area contributed by atoms with Crippen LogP contribution in [0.5, 0.6) is 0 Å². The summed E-state index contributed by atoms with van der Waals surface area (Å²) < 4.78 is 1.88. The molecule has 2 heterocycles. The van der Waals surface area contributed by atoms with Crippen LogP contribution in [0, 0.1) is 0 Å². The number of aromatic nitrogens is 4. The molecule has 0 saturated heterocycles. The van der Waals surface area contributed by atoms with Crippen molar-refractivity contribution in [2.45, 2.75) is 44.9 Å². The van der Waals surface area contributed by atoms with E-state index in [-0.39, 0.29) is 17.5 Å². The van der Waals surface area contributed by atoms with Gasteiger partial charge >= 0.3 is 0 Å². The Morgan fingerprint density at radius 3 is 2.38 bits per heavy atom. The van der Waals surface area contributed by atoms with Crippen molar-refractivity contribution < 1.29 is 4.79 Å². The fourth-order valence-corrected chi connectivity index (χ4v) is 5.23. The second kappa shape index (κ2) is 9.23. The molecule has 1 aliphatic heterocycles. The molecule has 2 atom stereocenters. The Labute approximate surface area is 227 Å². The van der Waals surface area contributed by atoms with Crippen molar-refractivity contribution in [2.24, 2.45) is 0 Å². The Bertz CT molecular complexity index is 1660. The van der Waals surface area contributed by atoms with Crippen LogP contribution >= 0.6 is 0 Å². The Hall–Kier alpha value is -4.72. The minimum absolute atomic E-state index is 0.0981. The number of nitrogens with zero attached hydrogens (tertiary/aromatic N) is 4. The van der Waals surface area contributed by atoms with E-state index in [4.69, 9.17) is 0 Å². The quantitative estimate of drug-likeness (QED) is 0.272. The zero-order valence-electron chi connectivity index (χ0n) is 22.4. The second-order valence-corrected chi connectivity index (χ2v) is 11.1. The topological polar surface area (TPSA) is 96.8 Å². The van der Waals surface area contributed by atoms with Crippen LogP contribution in [0.3, 0.4) is 0 Å². The van der Waals surface area contributed by atoms with Crippen LogP contribution in [0.4, 0.5) is 11.4 Å². The summed E-state index contributed by atoms with van der Waals surface area (Å²) in [5.41, 5.74) is 3.35. The van der Waals surface area contributed by atoms with E-state index < -0.39 is 5.66 Å². The van der Waals surface area contributed by atoms with Crippen molar-refractivity contribution in [2.75, 3.05) is 10.6 Å². The number of amides is 1. The van der Waals surface area contributed by atoms with Gasteiger partial charge in [-0.1, -0.05) is 66.7 Å². The van der Waals surface area contributed by atoms with Gasteiger partial charge < -0.3 is 16.0 Å². The Morgan fingerprint density at radius 1 is 0.872 bits per heavy atom.